The first-order valence-corrected chi connectivity index (χ1v) is 7.73. The van der Waals surface area contributed by atoms with Gasteiger partial charge in [-0.25, -0.2) is 0 Å². The minimum absolute atomic E-state index is 0.00219. The van der Waals surface area contributed by atoms with Gasteiger partial charge < -0.3 is 4.74 Å². The number of thioether (sulfide) groups is 1. The lowest BCUT2D eigenvalue weighted by Gasteiger charge is -2.07. The van der Waals surface area contributed by atoms with Crippen molar-refractivity contribution in [2.75, 3.05) is 5.75 Å². The van der Waals surface area contributed by atoms with Crippen molar-refractivity contribution < 1.29 is 14.5 Å². The summed E-state index contributed by atoms with van der Waals surface area (Å²) in [5, 5.41) is 11.0. The van der Waals surface area contributed by atoms with E-state index in [9.17, 15) is 14.9 Å². The van der Waals surface area contributed by atoms with Crippen LogP contribution in [0.5, 0.6) is 5.75 Å². The molecule has 0 bridgehead atoms. The molecule has 0 amide bonds. The third kappa shape index (κ3) is 4.37. The largest absolute Gasteiger partial charge is 0.424 e. The Balaban J connectivity index is 1.92. The molecule has 0 N–H and O–H groups in total. The molecule has 2 aromatic rings. The van der Waals surface area contributed by atoms with Crippen molar-refractivity contribution >= 4 is 46.6 Å². The molecule has 0 spiro atoms. The molecule has 5 nitrogen and oxygen atoms in total. The van der Waals surface area contributed by atoms with Crippen LogP contribution in [0.25, 0.3) is 0 Å². The molecular weight excluding hydrogens is 349 g/mol. The first-order valence-electron chi connectivity index (χ1n) is 5.99. The lowest BCUT2D eigenvalue weighted by molar-refractivity contribution is -0.384. The van der Waals surface area contributed by atoms with Gasteiger partial charge in [-0.15, -0.1) is 11.8 Å². The smallest absolute Gasteiger partial charge is 0.321 e. The summed E-state index contributed by atoms with van der Waals surface area (Å²) < 4.78 is 5.13. The summed E-state index contributed by atoms with van der Waals surface area (Å²) in [5.74, 6) is -0.253. The number of hydrogen-bond donors (Lipinski definition) is 0. The summed E-state index contributed by atoms with van der Waals surface area (Å²) in [4.78, 5) is 22.6. The average molecular weight is 358 g/mol. The SMILES string of the molecule is O=C(CSc1ccc([N+](=O)[O-])cc1)Oc1cccc(Cl)c1Cl. The average Bonchev–Trinajstić information content (AvgIpc) is 2.50. The topological polar surface area (TPSA) is 69.4 Å². The molecule has 0 aromatic heterocycles. The van der Waals surface area contributed by atoms with Gasteiger partial charge in [-0.3, -0.25) is 14.9 Å². The van der Waals surface area contributed by atoms with Gasteiger partial charge in [-0.1, -0.05) is 29.3 Å². The Bertz CT molecular complexity index is 706. The Morgan fingerprint density at radius 3 is 2.50 bits per heavy atom. The molecular formula is C14H9Cl2NO4S. The summed E-state index contributed by atoms with van der Waals surface area (Å²) in [6.07, 6.45) is 0. The highest BCUT2D eigenvalue weighted by molar-refractivity contribution is 8.00. The number of nitro groups is 1. The molecule has 0 aliphatic heterocycles. The summed E-state index contributed by atoms with van der Waals surface area (Å²) in [6.45, 7) is 0. The number of carbonyl (C=O) groups is 1. The second kappa shape index (κ2) is 7.49. The Labute approximate surface area is 140 Å². The molecule has 0 saturated carbocycles. The van der Waals surface area contributed by atoms with E-state index in [1.165, 1.54) is 23.9 Å². The Morgan fingerprint density at radius 2 is 1.86 bits per heavy atom. The Kier molecular flexibility index (Phi) is 5.65. The highest BCUT2D eigenvalue weighted by Crippen LogP contribution is 2.32. The van der Waals surface area contributed by atoms with Crippen LogP contribution in [-0.4, -0.2) is 16.6 Å². The van der Waals surface area contributed by atoms with Crippen molar-refractivity contribution in [3.8, 4) is 5.75 Å². The summed E-state index contributed by atoms with van der Waals surface area (Å²) in [6, 6.07) is 10.7. The highest BCUT2D eigenvalue weighted by Gasteiger charge is 2.11. The van der Waals surface area contributed by atoms with Gasteiger partial charge in [0, 0.05) is 17.0 Å². The summed E-state index contributed by atoms with van der Waals surface area (Å²) >= 11 is 13.0. The van der Waals surface area contributed by atoms with Crippen LogP contribution in [0.4, 0.5) is 5.69 Å². The standard InChI is InChI=1S/C14H9Cl2NO4S/c15-11-2-1-3-12(14(11)16)21-13(18)8-22-10-6-4-9(5-7-10)17(19)20/h1-7H,8H2. The summed E-state index contributed by atoms with van der Waals surface area (Å²) in [7, 11) is 0. The summed E-state index contributed by atoms with van der Waals surface area (Å²) in [5.41, 5.74) is -0.00219. The number of ether oxygens (including phenoxy) is 1. The van der Waals surface area contributed by atoms with E-state index >= 15 is 0 Å². The third-order valence-corrected chi connectivity index (χ3v) is 4.33. The number of halogens is 2. The second-order valence-electron chi connectivity index (χ2n) is 4.07. The number of non-ortho nitro benzene ring substituents is 1. The van der Waals surface area contributed by atoms with Crippen LogP contribution >= 0.6 is 35.0 Å². The highest BCUT2D eigenvalue weighted by atomic mass is 35.5. The second-order valence-corrected chi connectivity index (χ2v) is 5.90. The van der Waals surface area contributed by atoms with Crippen LogP contribution in [-0.2, 0) is 4.79 Å². The minimum Gasteiger partial charge on any atom is -0.424 e. The zero-order valence-corrected chi connectivity index (χ0v) is 13.3. The quantitative estimate of drug-likeness (QED) is 0.257. The monoisotopic (exact) mass is 357 g/mol. The molecule has 0 unspecified atom stereocenters. The first kappa shape index (κ1) is 16.6. The van der Waals surface area contributed by atoms with Gasteiger partial charge in [0.15, 0.2) is 5.75 Å². The van der Waals surface area contributed by atoms with Gasteiger partial charge in [0.25, 0.3) is 5.69 Å². The molecule has 0 heterocycles. The lowest BCUT2D eigenvalue weighted by Crippen LogP contribution is -2.10. The fourth-order valence-electron chi connectivity index (χ4n) is 1.52. The third-order valence-electron chi connectivity index (χ3n) is 2.54. The Hall–Kier alpha value is -1.76. The predicted molar refractivity (Wildman–Crippen MR) is 85.9 cm³/mol. The number of rotatable bonds is 5. The van der Waals surface area contributed by atoms with Gasteiger partial charge in [0.1, 0.15) is 5.02 Å². The van der Waals surface area contributed by atoms with Crippen LogP contribution in [0.15, 0.2) is 47.4 Å². The van der Waals surface area contributed by atoms with Gasteiger partial charge in [-0.2, -0.15) is 0 Å². The molecule has 8 heteroatoms. The normalized spacial score (nSPS) is 10.3. The lowest BCUT2D eigenvalue weighted by atomic mass is 10.3. The van der Waals surface area contributed by atoms with Gasteiger partial charge in [0.05, 0.1) is 15.7 Å². The number of esters is 1. The van der Waals surface area contributed by atoms with E-state index in [4.69, 9.17) is 27.9 Å². The number of benzene rings is 2. The van der Waals surface area contributed by atoms with E-state index in [1.807, 2.05) is 0 Å². The van der Waals surface area contributed by atoms with E-state index < -0.39 is 10.9 Å². The van der Waals surface area contributed by atoms with Crippen molar-refractivity contribution in [2.45, 2.75) is 4.90 Å². The molecule has 0 fully saturated rings. The maximum atomic E-state index is 11.8. The van der Waals surface area contributed by atoms with Crippen LogP contribution in [0, 0.1) is 10.1 Å². The first-order chi connectivity index (χ1) is 10.5. The van der Waals surface area contributed by atoms with E-state index in [-0.39, 0.29) is 22.2 Å². The zero-order chi connectivity index (χ0) is 16.1. The van der Waals surface area contributed by atoms with E-state index in [0.717, 1.165) is 4.90 Å². The number of hydrogen-bond acceptors (Lipinski definition) is 5. The maximum absolute atomic E-state index is 11.8. The molecule has 22 heavy (non-hydrogen) atoms. The fraction of sp³-hybridized carbons (Fsp3) is 0.0714. The molecule has 2 rings (SSSR count). The van der Waals surface area contributed by atoms with E-state index in [0.29, 0.717) is 5.02 Å². The van der Waals surface area contributed by atoms with Gasteiger partial charge in [0.2, 0.25) is 0 Å². The number of nitro benzene ring substituents is 1. The fourth-order valence-corrected chi connectivity index (χ4v) is 2.52. The van der Waals surface area contributed by atoms with Crippen LogP contribution in [0.1, 0.15) is 0 Å². The minimum atomic E-state index is -0.493. The van der Waals surface area contributed by atoms with Crippen molar-refractivity contribution in [3.05, 3.63) is 62.6 Å². The molecule has 0 radical (unpaired) electrons. The van der Waals surface area contributed by atoms with Crippen molar-refractivity contribution in [1.82, 2.24) is 0 Å². The van der Waals surface area contributed by atoms with E-state index in [2.05, 4.69) is 0 Å². The molecule has 0 aliphatic rings. The Morgan fingerprint density at radius 1 is 1.18 bits per heavy atom. The van der Waals surface area contributed by atoms with Gasteiger partial charge >= 0.3 is 5.97 Å². The van der Waals surface area contributed by atoms with E-state index in [1.54, 1.807) is 30.3 Å². The van der Waals surface area contributed by atoms with Crippen LogP contribution < -0.4 is 4.74 Å². The van der Waals surface area contributed by atoms with Crippen molar-refractivity contribution in [3.63, 3.8) is 0 Å². The van der Waals surface area contributed by atoms with Crippen LogP contribution in [0.2, 0.25) is 10.0 Å². The van der Waals surface area contributed by atoms with Crippen molar-refractivity contribution in [2.24, 2.45) is 0 Å². The number of nitrogens with zero attached hydrogens (tertiary/aromatic N) is 1. The molecule has 0 saturated heterocycles. The zero-order valence-electron chi connectivity index (χ0n) is 11.0. The number of carbonyl (C=O) groups excluding carboxylic acids is 1. The van der Waals surface area contributed by atoms with Crippen molar-refractivity contribution in [1.29, 1.82) is 0 Å². The molecule has 0 atom stereocenters. The molecule has 0 aliphatic carbocycles. The van der Waals surface area contributed by atoms with Crippen LogP contribution in [0.3, 0.4) is 0 Å². The van der Waals surface area contributed by atoms with Gasteiger partial charge in [-0.05, 0) is 24.3 Å². The maximum Gasteiger partial charge on any atom is 0.321 e. The molecule has 114 valence electrons. The molecule has 2 aromatic carbocycles. The predicted octanol–water partition coefficient (Wildman–Crippen LogP) is 4.60.